The molecular weight excluding hydrogens is 356 g/mol. The van der Waals surface area contributed by atoms with Crippen LogP contribution in [0.2, 0.25) is 0 Å². The number of rotatable bonds is 4. The number of nitrogens with zero attached hydrogens (tertiary/aromatic N) is 4. The lowest BCUT2D eigenvalue weighted by atomic mass is 9.61. The van der Waals surface area contributed by atoms with Gasteiger partial charge in [-0.15, -0.1) is 0 Å². The number of ether oxygens (including phenoxy) is 2. The predicted molar refractivity (Wildman–Crippen MR) is 106 cm³/mol. The summed E-state index contributed by atoms with van der Waals surface area (Å²) in [4.78, 5) is 17.8. The topological polar surface area (TPSA) is 59.8 Å². The molecule has 0 aromatic carbocycles. The van der Waals surface area contributed by atoms with E-state index in [1.54, 1.807) is 11.8 Å². The highest BCUT2D eigenvalue weighted by Crippen LogP contribution is 2.48. The molecule has 2 saturated heterocycles. The number of piperidine rings is 1. The van der Waals surface area contributed by atoms with Gasteiger partial charge >= 0.3 is 0 Å². The average Bonchev–Trinajstić information content (AvgIpc) is 3.05. The summed E-state index contributed by atoms with van der Waals surface area (Å²) in [7, 11) is 3.67. The molecule has 7 heteroatoms. The number of fused-ring (bicyclic) bond motifs is 1. The molecule has 0 radical (unpaired) electrons. The smallest absolute Gasteiger partial charge is 0.257 e. The van der Waals surface area contributed by atoms with Gasteiger partial charge in [0.15, 0.2) is 0 Å². The van der Waals surface area contributed by atoms with Crippen LogP contribution in [0.25, 0.3) is 0 Å². The van der Waals surface area contributed by atoms with Gasteiger partial charge in [0.05, 0.1) is 31.1 Å². The Bertz CT molecular complexity index is 700. The lowest BCUT2D eigenvalue weighted by Crippen LogP contribution is -2.58. The summed E-state index contributed by atoms with van der Waals surface area (Å²) in [6, 6.07) is 0.654. The zero-order valence-electron chi connectivity index (χ0n) is 17.5. The van der Waals surface area contributed by atoms with E-state index < -0.39 is 0 Å². The van der Waals surface area contributed by atoms with Gasteiger partial charge in [-0.05, 0) is 38.5 Å². The van der Waals surface area contributed by atoms with Crippen LogP contribution in [0.5, 0.6) is 0 Å². The fourth-order valence-corrected chi connectivity index (χ4v) is 5.71. The molecular formula is C21H34N4O3. The molecule has 156 valence electrons. The Labute approximate surface area is 167 Å². The van der Waals surface area contributed by atoms with Gasteiger partial charge < -0.3 is 14.4 Å². The van der Waals surface area contributed by atoms with E-state index >= 15 is 0 Å². The van der Waals surface area contributed by atoms with Gasteiger partial charge in [-0.1, -0.05) is 0 Å². The highest BCUT2D eigenvalue weighted by atomic mass is 16.5. The molecule has 1 amide bonds. The van der Waals surface area contributed by atoms with Crippen LogP contribution >= 0.6 is 0 Å². The van der Waals surface area contributed by atoms with Crippen molar-refractivity contribution in [3.63, 3.8) is 0 Å². The Morgan fingerprint density at radius 3 is 2.79 bits per heavy atom. The predicted octanol–water partition coefficient (Wildman–Crippen LogP) is 1.71. The minimum absolute atomic E-state index is 0.0849. The van der Waals surface area contributed by atoms with E-state index in [2.05, 4.69) is 14.9 Å². The molecule has 1 aromatic rings. The molecule has 3 heterocycles. The number of methoxy groups -OCH3 is 1. The lowest BCUT2D eigenvalue weighted by Gasteiger charge is -2.54. The molecule has 0 N–H and O–H groups in total. The Hall–Kier alpha value is -1.44. The maximum Gasteiger partial charge on any atom is 0.257 e. The number of aryl methyl sites for hydroxylation is 2. The number of amides is 1. The third-order valence-electron chi connectivity index (χ3n) is 7.18. The normalized spacial score (nSPS) is 31.6. The number of hydrogen-bond donors (Lipinski definition) is 0. The lowest BCUT2D eigenvalue weighted by molar-refractivity contribution is -0.0792. The van der Waals surface area contributed by atoms with Crippen molar-refractivity contribution in [1.29, 1.82) is 0 Å². The van der Waals surface area contributed by atoms with Crippen LogP contribution in [-0.2, 0) is 16.5 Å². The number of hydrogen-bond acceptors (Lipinski definition) is 5. The van der Waals surface area contributed by atoms with Crippen molar-refractivity contribution in [3.05, 3.63) is 17.5 Å². The summed E-state index contributed by atoms with van der Waals surface area (Å²) in [6.07, 6.45) is 6.45. The summed E-state index contributed by atoms with van der Waals surface area (Å²) in [5.41, 5.74) is 1.63. The van der Waals surface area contributed by atoms with Crippen LogP contribution < -0.4 is 0 Å². The fourth-order valence-electron chi connectivity index (χ4n) is 5.71. The van der Waals surface area contributed by atoms with Gasteiger partial charge in [0.2, 0.25) is 0 Å². The van der Waals surface area contributed by atoms with E-state index in [9.17, 15) is 4.79 Å². The number of aromatic nitrogens is 2. The van der Waals surface area contributed by atoms with Gasteiger partial charge in [0, 0.05) is 58.0 Å². The maximum atomic E-state index is 13.2. The van der Waals surface area contributed by atoms with Crippen molar-refractivity contribution in [3.8, 4) is 0 Å². The quantitative estimate of drug-likeness (QED) is 0.783. The number of morpholine rings is 1. The summed E-state index contributed by atoms with van der Waals surface area (Å²) >= 11 is 0. The van der Waals surface area contributed by atoms with Crippen LogP contribution in [0.15, 0.2) is 6.20 Å². The number of carbonyl (C=O) groups is 1. The van der Waals surface area contributed by atoms with Crippen molar-refractivity contribution in [2.45, 2.75) is 38.6 Å². The Morgan fingerprint density at radius 1 is 1.32 bits per heavy atom. The van der Waals surface area contributed by atoms with E-state index in [-0.39, 0.29) is 11.3 Å². The van der Waals surface area contributed by atoms with Crippen molar-refractivity contribution in [2.24, 2.45) is 18.4 Å². The third-order valence-corrected chi connectivity index (χ3v) is 7.18. The summed E-state index contributed by atoms with van der Waals surface area (Å²) in [5.74, 6) is 0.739. The molecule has 1 aromatic heterocycles. The highest BCUT2D eigenvalue weighted by molar-refractivity contribution is 5.95. The molecule has 3 aliphatic rings. The Morgan fingerprint density at radius 2 is 2.11 bits per heavy atom. The first-order valence-electron chi connectivity index (χ1n) is 10.6. The molecule has 2 aliphatic heterocycles. The van der Waals surface area contributed by atoms with Gasteiger partial charge in [0.1, 0.15) is 0 Å². The molecule has 1 aliphatic carbocycles. The van der Waals surface area contributed by atoms with E-state index in [0.717, 1.165) is 70.1 Å². The van der Waals surface area contributed by atoms with Gasteiger partial charge in [-0.3, -0.25) is 14.4 Å². The van der Waals surface area contributed by atoms with E-state index in [4.69, 9.17) is 9.47 Å². The minimum Gasteiger partial charge on any atom is -0.384 e. The van der Waals surface area contributed by atoms with Gasteiger partial charge in [-0.2, -0.15) is 5.10 Å². The maximum absolute atomic E-state index is 13.2. The molecule has 0 bridgehead atoms. The molecule has 4 rings (SSSR count). The van der Waals surface area contributed by atoms with Crippen molar-refractivity contribution in [2.75, 3.05) is 53.1 Å². The average molecular weight is 391 g/mol. The molecule has 3 atom stereocenters. The van der Waals surface area contributed by atoms with Crippen LogP contribution in [0.1, 0.15) is 41.7 Å². The standard InChI is InChI=1S/C21H34N4O3/c1-16-19(13-23(2)22-16)20(26)25-7-5-17-12-18(24-8-10-28-11-9-24)4-6-21(17,14-25)15-27-3/h13,17-18H,4-12,14-15H2,1-3H3/t17-,18-,21+/m0/s1. The molecule has 0 unspecified atom stereocenters. The van der Waals surface area contributed by atoms with E-state index in [1.807, 2.05) is 20.2 Å². The van der Waals surface area contributed by atoms with Crippen LogP contribution in [0.3, 0.4) is 0 Å². The SMILES string of the molecule is COC[C@]12CC[C@H](N3CCOCC3)C[C@@H]1CCN(C(=O)c1cn(C)nc1C)C2. The van der Waals surface area contributed by atoms with Gasteiger partial charge in [0.25, 0.3) is 5.91 Å². The first-order chi connectivity index (χ1) is 13.5. The summed E-state index contributed by atoms with van der Waals surface area (Å²) < 4.78 is 13.0. The van der Waals surface area contributed by atoms with Gasteiger partial charge in [-0.25, -0.2) is 0 Å². The molecule has 1 saturated carbocycles. The third kappa shape index (κ3) is 3.72. The highest BCUT2D eigenvalue weighted by Gasteiger charge is 2.49. The molecule has 7 nitrogen and oxygen atoms in total. The van der Waals surface area contributed by atoms with Crippen LogP contribution in [0, 0.1) is 18.3 Å². The first-order valence-corrected chi connectivity index (χ1v) is 10.6. The zero-order valence-corrected chi connectivity index (χ0v) is 17.5. The minimum atomic E-state index is 0.0849. The van der Waals surface area contributed by atoms with Crippen molar-refractivity contribution >= 4 is 5.91 Å². The second-order valence-corrected chi connectivity index (χ2v) is 8.89. The first kappa shape index (κ1) is 19.9. The largest absolute Gasteiger partial charge is 0.384 e. The monoisotopic (exact) mass is 390 g/mol. The van der Waals surface area contributed by atoms with E-state index in [0.29, 0.717) is 12.0 Å². The molecule has 28 heavy (non-hydrogen) atoms. The zero-order chi connectivity index (χ0) is 19.7. The number of likely N-dealkylation sites (tertiary alicyclic amines) is 1. The Balaban J connectivity index is 1.48. The van der Waals surface area contributed by atoms with E-state index in [1.165, 1.54) is 12.8 Å². The summed E-state index contributed by atoms with van der Waals surface area (Å²) in [6.45, 7) is 8.11. The Kier molecular flexibility index (Phi) is 5.76. The van der Waals surface area contributed by atoms with Crippen LogP contribution in [-0.4, -0.2) is 84.6 Å². The second-order valence-electron chi connectivity index (χ2n) is 8.89. The van der Waals surface area contributed by atoms with Crippen LogP contribution in [0.4, 0.5) is 0 Å². The molecule has 3 fully saturated rings. The summed E-state index contributed by atoms with van der Waals surface area (Å²) in [5, 5.41) is 4.35. The molecule has 0 spiro atoms. The van der Waals surface area contributed by atoms with Crippen molar-refractivity contribution in [1.82, 2.24) is 19.6 Å². The fraction of sp³-hybridized carbons (Fsp3) is 0.810. The number of carbonyl (C=O) groups excluding carboxylic acids is 1. The second kappa shape index (κ2) is 8.13. The van der Waals surface area contributed by atoms with Crippen molar-refractivity contribution < 1.29 is 14.3 Å².